The van der Waals surface area contributed by atoms with Crippen LogP contribution in [0.2, 0.25) is 0 Å². The zero-order chi connectivity index (χ0) is 23.1. The lowest BCUT2D eigenvalue weighted by molar-refractivity contribution is 0.0303. The van der Waals surface area contributed by atoms with E-state index in [1.54, 1.807) is 12.4 Å². The van der Waals surface area contributed by atoms with E-state index in [0.717, 1.165) is 33.8 Å². The third-order valence-electron chi connectivity index (χ3n) is 6.16. The van der Waals surface area contributed by atoms with Gasteiger partial charge in [0.2, 0.25) is 0 Å². The number of pyridine rings is 1. The van der Waals surface area contributed by atoms with E-state index in [2.05, 4.69) is 15.3 Å². The first-order chi connectivity index (χ1) is 16.7. The van der Waals surface area contributed by atoms with Crippen molar-refractivity contribution in [3.05, 3.63) is 83.7 Å². The fraction of sp³-hybridized carbons (Fsp3) is 0.154. The summed E-state index contributed by atoms with van der Waals surface area (Å²) >= 11 is 0. The number of carbonyl (C=O) groups excluding carboxylic acids is 2. The van der Waals surface area contributed by atoms with Crippen LogP contribution in [0.5, 0.6) is 0 Å². The molecule has 2 aromatic carbocycles. The standard InChI is InChI=1S/C26H21N5O3/c32-25-21-6-3-18(15-19(21)16-28-25)23-8-7-22(24-27-9-10-31(23)24)29-20-4-1-17(2-5-20)26(33)30-11-13-34-14-12-30/h1-10,15-16,29H,11-14H2. The highest BCUT2D eigenvalue weighted by Crippen LogP contribution is 2.29. The van der Waals surface area contributed by atoms with Gasteiger partial charge in [0.1, 0.15) is 0 Å². The molecule has 4 heterocycles. The second-order valence-electron chi connectivity index (χ2n) is 8.23. The van der Waals surface area contributed by atoms with Gasteiger partial charge in [-0.1, -0.05) is 6.07 Å². The van der Waals surface area contributed by atoms with Crippen molar-refractivity contribution in [2.75, 3.05) is 31.6 Å². The normalized spacial score (nSPS) is 15.1. The van der Waals surface area contributed by atoms with Gasteiger partial charge >= 0.3 is 0 Å². The summed E-state index contributed by atoms with van der Waals surface area (Å²) in [5, 5.41) is 3.41. The van der Waals surface area contributed by atoms with E-state index in [4.69, 9.17) is 4.74 Å². The number of rotatable bonds is 4. The number of fused-ring (bicyclic) bond motifs is 2. The Morgan fingerprint density at radius 2 is 1.82 bits per heavy atom. The average molecular weight is 451 g/mol. The van der Waals surface area contributed by atoms with Crippen molar-refractivity contribution in [1.29, 1.82) is 0 Å². The molecule has 0 spiro atoms. The first-order valence-electron chi connectivity index (χ1n) is 11.1. The summed E-state index contributed by atoms with van der Waals surface area (Å²) in [6.07, 6.45) is 5.27. The summed E-state index contributed by atoms with van der Waals surface area (Å²) in [6, 6.07) is 17.2. The highest BCUT2D eigenvalue weighted by molar-refractivity contribution is 6.13. The van der Waals surface area contributed by atoms with Crippen molar-refractivity contribution in [2.24, 2.45) is 4.99 Å². The average Bonchev–Trinajstić information content (AvgIpc) is 3.52. The topological polar surface area (TPSA) is 88.3 Å². The van der Waals surface area contributed by atoms with E-state index in [1.807, 2.05) is 70.1 Å². The molecule has 8 nitrogen and oxygen atoms in total. The van der Waals surface area contributed by atoms with E-state index in [-0.39, 0.29) is 11.8 Å². The summed E-state index contributed by atoms with van der Waals surface area (Å²) < 4.78 is 7.34. The predicted octanol–water partition coefficient (Wildman–Crippen LogP) is 3.79. The minimum atomic E-state index is -0.202. The molecule has 4 aromatic rings. The minimum absolute atomic E-state index is 0.0240. The summed E-state index contributed by atoms with van der Waals surface area (Å²) in [4.78, 5) is 34.7. The number of benzene rings is 2. The molecule has 34 heavy (non-hydrogen) atoms. The number of ether oxygens (including phenoxy) is 1. The number of hydrogen-bond donors (Lipinski definition) is 1. The van der Waals surface area contributed by atoms with Crippen molar-refractivity contribution in [3.63, 3.8) is 0 Å². The molecule has 6 rings (SSSR count). The Bertz CT molecular complexity index is 1450. The van der Waals surface area contributed by atoms with Crippen molar-refractivity contribution in [3.8, 4) is 11.3 Å². The lowest BCUT2D eigenvalue weighted by atomic mass is 10.0. The van der Waals surface area contributed by atoms with Crippen molar-refractivity contribution >= 4 is 35.1 Å². The number of aromatic nitrogens is 2. The Labute approximate surface area is 195 Å². The first-order valence-corrected chi connectivity index (χ1v) is 11.1. The van der Waals surface area contributed by atoms with Gasteiger partial charge in [-0.3, -0.25) is 14.0 Å². The number of imidazole rings is 1. The van der Waals surface area contributed by atoms with Crippen LogP contribution in [0, 0.1) is 0 Å². The van der Waals surface area contributed by atoms with Crippen LogP contribution >= 0.6 is 0 Å². The highest BCUT2D eigenvalue weighted by atomic mass is 16.5. The Kier molecular flexibility index (Phi) is 4.92. The second-order valence-corrected chi connectivity index (χ2v) is 8.23. The number of nitrogens with one attached hydrogen (secondary N) is 1. The molecule has 0 radical (unpaired) electrons. The molecule has 1 saturated heterocycles. The molecule has 2 amide bonds. The SMILES string of the molecule is O=C1N=Cc2cc(-c3ccc(Nc4ccc(C(=O)N5CCOCC5)cc4)c4nccn34)ccc21. The first kappa shape index (κ1) is 20.3. The highest BCUT2D eigenvalue weighted by Gasteiger charge is 2.19. The van der Waals surface area contributed by atoms with Gasteiger partial charge in [-0.15, -0.1) is 0 Å². The number of hydrogen-bond acceptors (Lipinski definition) is 5. The molecule has 2 aliphatic heterocycles. The van der Waals surface area contributed by atoms with E-state index in [9.17, 15) is 9.59 Å². The molecular formula is C26H21N5O3. The Hall–Kier alpha value is -4.30. The molecule has 1 N–H and O–H groups in total. The molecule has 2 aliphatic rings. The molecule has 0 saturated carbocycles. The zero-order valence-electron chi connectivity index (χ0n) is 18.3. The number of amides is 2. The van der Waals surface area contributed by atoms with E-state index in [0.29, 0.717) is 37.4 Å². The minimum Gasteiger partial charge on any atom is -0.378 e. The van der Waals surface area contributed by atoms with Crippen LogP contribution < -0.4 is 5.32 Å². The van der Waals surface area contributed by atoms with Crippen molar-refractivity contribution in [1.82, 2.24) is 14.3 Å². The van der Waals surface area contributed by atoms with E-state index < -0.39 is 0 Å². The number of aliphatic imine (C=N–C) groups is 1. The van der Waals surface area contributed by atoms with Gasteiger partial charge in [-0.2, -0.15) is 0 Å². The van der Waals surface area contributed by atoms with Crippen LogP contribution in [0.25, 0.3) is 16.9 Å². The van der Waals surface area contributed by atoms with Gasteiger partial charge in [0.15, 0.2) is 5.65 Å². The third-order valence-corrected chi connectivity index (χ3v) is 6.16. The summed E-state index contributed by atoms with van der Waals surface area (Å²) in [5.41, 5.74) is 6.52. The fourth-order valence-electron chi connectivity index (χ4n) is 4.37. The number of carbonyl (C=O) groups is 2. The molecule has 2 aromatic heterocycles. The number of nitrogens with zero attached hydrogens (tertiary/aromatic N) is 4. The third kappa shape index (κ3) is 3.54. The Morgan fingerprint density at radius 3 is 2.65 bits per heavy atom. The van der Waals surface area contributed by atoms with E-state index in [1.165, 1.54) is 0 Å². The molecule has 0 bridgehead atoms. The van der Waals surface area contributed by atoms with Gasteiger partial charge in [0.05, 0.1) is 30.2 Å². The zero-order valence-corrected chi connectivity index (χ0v) is 18.3. The number of morpholine rings is 1. The van der Waals surface area contributed by atoms with Gasteiger partial charge < -0.3 is 15.0 Å². The fourth-order valence-corrected chi connectivity index (χ4v) is 4.37. The van der Waals surface area contributed by atoms with Crippen LogP contribution in [0.4, 0.5) is 11.4 Å². The maximum atomic E-state index is 12.7. The smallest absolute Gasteiger partial charge is 0.277 e. The van der Waals surface area contributed by atoms with Crippen LogP contribution in [0.15, 0.2) is 72.0 Å². The second kappa shape index (κ2) is 8.24. The van der Waals surface area contributed by atoms with Crippen LogP contribution in [-0.4, -0.2) is 58.6 Å². The van der Waals surface area contributed by atoms with Gasteiger partial charge in [0.25, 0.3) is 11.8 Å². The predicted molar refractivity (Wildman–Crippen MR) is 129 cm³/mol. The van der Waals surface area contributed by atoms with Crippen molar-refractivity contribution < 1.29 is 14.3 Å². The molecule has 0 unspecified atom stereocenters. The maximum Gasteiger partial charge on any atom is 0.277 e. The molecule has 0 atom stereocenters. The maximum absolute atomic E-state index is 12.7. The lowest BCUT2D eigenvalue weighted by Gasteiger charge is -2.26. The van der Waals surface area contributed by atoms with Crippen LogP contribution in [0.1, 0.15) is 26.3 Å². The van der Waals surface area contributed by atoms with Crippen LogP contribution in [0.3, 0.4) is 0 Å². The lowest BCUT2D eigenvalue weighted by Crippen LogP contribution is -2.40. The molecule has 8 heteroatoms. The summed E-state index contributed by atoms with van der Waals surface area (Å²) in [6.45, 7) is 2.41. The summed E-state index contributed by atoms with van der Waals surface area (Å²) in [5.74, 6) is -0.178. The molecule has 168 valence electrons. The van der Waals surface area contributed by atoms with Crippen LogP contribution in [-0.2, 0) is 4.74 Å². The largest absolute Gasteiger partial charge is 0.378 e. The summed E-state index contributed by atoms with van der Waals surface area (Å²) in [7, 11) is 0. The van der Waals surface area contributed by atoms with Gasteiger partial charge in [0, 0.05) is 48.5 Å². The molecular weight excluding hydrogens is 430 g/mol. The Balaban J connectivity index is 1.26. The van der Waals surface area contributed by atoms with Gasteiger partial charge in [-0.05, 0) is 54.1 Å². The number of anilines is 2. The molecule has 0 aliphatic carbocycles. The van der Waals surface area contributed by atoms with E-state index >= 15 is 0 Å². The van der Waals surface area contributed by atoms with Crippen molar-refractivity contribution in [2.45, 2.75) is 0 Å². The van der Waals surface area contributed by atoms with Gasteiger partial charge in [-0.25, -0.2) is 9.98 Å². The molecule has 1 fully saturated rings. The Morgan fingerprint density at radius 1 is 1.00 bits per heavy atom. The monoisotopic (exact) mass is 451 g/mol. The quantitative estimate of drug-likeness (QED) is 0.510.